The van der Waals surface area contributed by atoms with E-state index in [-0.39, 0.29) is 18.4 Å². The highest BCUT2D eigenvalue weighted by molar-refractivity contribution is 5.86. The first-order valence-electron chi connectivity index (χ1n) is 5.01. The first kappa shape index (κ1) is 12.0. The standard InChI is InChI=1S/C10H17N3O2/c1-8(5-11)6-13(2)9(14)10(12)3-4-15-7-10/h8H,3-4,6-7,12H2,1-2H3. The van der Waals surface area contributed by atoms with E-state index in [1.165, 1.54) is 4.90 Å². The summed E-state index contributed by atoms with van der Waals surface area (Å²) in [5.41, 5.74) is 5.04. The van der Waals surface area contributed by atoms with E-state index in [1.54, 1.807) is 14.0 Å². The Kier molecular flexibility index (Phi) is 3.66. The number of carbonyl (C=O) groups excluding carboxylic acids is 1. The van der Waals surface area contributed by atoms with Gasteiger partial charge in [-0.3, -0.25) is 4.79 Å². The third-order valence-electron chi connectivity index (χ3n) is 2.59. The van der Waals surface area contributed by atoms with Crippen LogP contribution >= 0.6 is 0 Å². The highest BCUT2D eigenvalue weighted by Crippen LogP contribution is 2.18. The van der Waals surface area contributed by atoms with Crippen molar-refractivity contribution in [1.29, 1.82) is 5.26 Å². The van der Waals surface area contributed by atoms with Crippen molar-refractivity contribution in [2.45, 2.75) is 18.9 Å². The zero-order chi connectivity index (χ0) is 11.5. The Balaban J connectivity index is 2.56. The summed E-state index contributed by atoms with van der Waals surface area (Å²) in [6.07, 6.45) is 0.553. The predicted octanol–water partition coefficient (Wildman–Crippen LogP) is -0.278. The fraction of sp³-hybridized carbons (Fsp3) is 0.800. The number of nitriles is 1. The lowest BCUT2D eigenvalue weighted by Crippen LogP contribution is -2.55. The molecule has 1 heterocycles. The maximum atomic E-state index is 11.9. The summed E-state index contributed by atoms with van der Waals surface area (Å²) in [4.78, 5) is 13.4. The number of hydrogen-bond acceptors (Lipinski definition) is 4. The zero-order valence-electron chi connectivity index (χ0n) is 9.19. The summed E-state index contributed by atoms with van der Waals surface area (Å²) in [5.74, 6) is -0.313. The van der Waals surface area contributed by atoms with E-state index in [4.69, 9.17) is 15.7 Å². The minimum Gasteiger partial charge on any atom is -0.379 e. The van der Waals surface area contributed by atoms with Gasteiger partial charge in [0.1, 0.15) is 5.54 Å². The van der Waals surface area contributed by atoms with Gasteiger partial charge < -0.3 is 15.4 Å². The van der Waals surface area contributed by atoms with Crippen LogP contribution in [0.2, 0.25) is 0 Å². The molecule has 2 atom stereocenters. The number of likely N-dealkylation sites (N-methyl/N-ethyl adjacent to an activating group) is 1. The normalized spacial score (nSPS) is 27.1. The minimum absolute atomic E-state index is 0.137. The first-order chi connectivity index (χ1) is 6.99. The first-order valence-corrected chi connectivity index (χ1v) is 5.01. The van der Waals surface area contributed by atoms with Crippen molar-refractivity contribution >= 4 is 5.91 Å². The van der Waals surface area contributed by atoms with Crippen LogP contribution in [0.1, 0.15) is 13.3 Å². The molecule has 5 heteroatoms. The molecule has 2 unspecified atom stereocenters. The maximum Gasteiger partial charge on any atom is 0.244 e. The second-order valence-electron chi connectivity index (χ2n) is 4.17. The van der Waals surface area contributed by atoms with E-state index < -0.39 is 5.54 Å². The van der Waals surface area contributed by atoms with Gasteiger partial charge in [-0.05, 0) is 13.3 Å². The Hall–Kier alpha value is -1.12. The summed E-state index contributed by atoms with van der Waals surface area (Å²) < 4.78 is 5.13. The van der Waals surface area contributed by atoms with Crippen LogP contribution in [0, 0.1) is 17.2 Å². The van der Waals surface area contributed by atoms with Crippen molar-refractivity contribution < 1.29 is 9.53 Å². The van der Waals surface area contributed by atoms with Crippen LogP contribution in [0.3, 0.4) is 0 Å². The van der Waals surface area contributed by atoms with E-state index in [9.17, 15) is 4.79 Å². The van der Waals surface area contributed by atoms with Crippen molar-refractivity contribution in [3.05, 3.63) is 0 Å². The van der Waals surface area contributed by atoms with Crippen LogP contribution in [0.5, 0.6) is 0 Å². The quantitative estimate of drug-likeness (QED) is 0.696. The van der Waals surface area contributed by atoms with Crippen LogP contribution in [-0.4, -0.2) is 43.2 Å². The van der Waals surface area contributed by atoms with E-state index in [0.717, 1.165) is 0 Å². The van der Waals surface area contributed by atoms with Gasteiger partial charge in [-0.1, -0.05) is 0 Å². The highest BCUT2D eigenvalue weighted by Gasteiger charge is 2.40. The van der Waals surface area contributed by atoms with Gasteiger partial charge in [0.25, 0.3) is 0 Å². The van der Waals surface area contributed by atoms with Crippen molar-refractivity contribution in [2.24, 2.45) is 11.7 Å². The molecule has 0 aliphatic carbocycles. The molecule has 5 nitrogen and oxygen atoms in total. The summed E-state index contributed by atoms with van der Waals surface area (Å²) in [5, 5.41) is 8.65. The van der Waals surface area contributed by atoms with Gasteiger partial charge in [0.05, 0.1) is 18.6 Å². The Morgan fingerprint density at radius 1 is 1.80 bits per heavy atom. The summed E-state index contributed by atoms with van der Waals surface area (Å²) in [7, 11) is 1.67. The fourth-order valence-corrected chi connectivity index (χ4v) is 1.66. The van der Waals surface area contributed by atoms with Gasteiger partial charge in [-0.25, -0.2) is 0 Å². The third kappa shape index (κ3) is 2.67. The van der Waals surface area contributed by atoms with Gasteiger partial charge in [0, 0.05) is 20.2 Å². The molecule has 0 aromatic heterocycles. The molecular weight excluding hydrogens is 194 g/mol. The van der Waals surface area contributed by atoms with Crippen LogP contribution in [0.15, 0.2) is 0 Å². The molecule has 0 bridgehead atoms. The topological polar surface area (TPSA) is 79.4 Å². The number of carbonyl (C=O) groups is 1. The zero-order valence-corrected chi connectivity index (χ0v) is 9.19. The average molecular weight is 211 g/mol. The number of nitrogens with zero attached hydrogens (tertiary/aromatic N) is 2. The molecule has 1 aliphatic heterocycles. The van der Waals surface area contributed by atoms with Crippen LogP contribution in [-0.2, 0) is 9.53 Å². The molecule has 1 fully saturated rings. The van der Waals surface area contributed by atoms with E-state index >= 15 is 0 Å². The number of amides is 1. The number of hydrogen-bond donors (Lipinski definition) is 1. The van der Waals surface area contributed by atoms with Gasteiger partial charge in [0.15, 0.2) is 0 Å². The molecule has 84 valence electrons. The lowest BCUT2D eigenvalue weighted by Gasteiger charge is -2.28. The molecule has 0 aromatic rings. The Morgan fingerprint density at radius 3 is 2.93 bits per heavy atom. The monoisotopic (exact) mass is 211 g/mol. The van der Waals surface area contributed by atoms with Crippen molar-refractivity contribution in [1.82, 2.24) is 4.90 Å². The molecule has 1 rings (SSSR count). The molecular formula is C10H17N3O2. The third-order valence-corrected chi connectivity index (χ3v) is 2.59. The number of ether oxygens (including phenoxy) is 1. The van der Waals surface area contributed by atoms with Crippen LogP contribution < -0.4 is 5.73 Å². The fourth-order valence-electron chi connectivity index (χ4n) is 1.66. The van der Waals surface area contributed by atoms with Crippen molar-refractivity contribution in [2.75, 3.05) is 26.8 Å². The smallest absolute Gasteiger partial charge is 0.244 e. The Morgan fingerprint density at radius 2 is 2.47 bits per heavy atom. The van der Waals surface area contributed by atoms with Crippen molar-refractivity contribution in [3.8, 4) is 6.07 Å². The molecule has 1 amide bonds. The molecule has 1 saturated heterocycles. The largest absolute Gasteiger partial charge is 0.379 e. The Bertz CT molecular complexity index is 279. The molecule has 0 radical (unpaired) electrons. The van der Waals surface area contributed by atoms with Crippen molar-refractivity contribution in [3.63, 3.8) is 0 Å². The molecule has 15 heavy (non-hydrogen) atoms. The predicted molar refractivity (Wildman–Crippen MR) is 54.8 cm³/mol. The molecule has 1 aliphatic rings. The van der Waals surface area contributed by atoms with Gasteiger partial charge in [-0.2, -0.15) is 5.26 Å². The van der Waals surface area contributed by atoms with Crippen LogP contribution in [0.4, 0.5) is 0 Å². The van der Waals surface area contributed by atoms with E-state index in [1.807, 2.05) is 0 Å². The number of rotatable bonds is 3. The average Bonchev–Trinajstić information content (AvgIpc) is 2.65. The lowest BCUT2D eigenvalue weighted by molar-refractivity contribution is -0.135. The molecule has 0 aromatic carbocycles. The van der Waals surface area contributed by atoms with E-state index in [2.05, 4.69) is 6.07 Å². The SMILES string of the molecule is CC(C#N)CN(C)C(=O)C1(N)CCOC1. The lowest BCUT2D eigenvalue weighted by atomic mass is 9.98. The highest BCUT2D eigenvalue weighted by atomic mass is 16.5. The maximum absolute atomic E-state index is 11.9. The van der Waals surface area contributed by atoms with Crippen LogP contribution in [0.25, 0.3) is 0 Å². The second kappa shape index (κ2) is 4.60. The number of nitrogens with two attached hydrogens (primary N) is 1. The van der Waals surface area contributed by atoms with E-state index in [0.29, 0.717) is 19.6 Å². The summed E-state index contributed by atoms with van der Waals surface area (Å²) in [6.45, 7) is 2.99. The van der Waals surface area contributed by atoms with Gasteiger partial charge in [-0.15, -0.1) is 0 Å². The minimum atomic E-state index is -0.885. The summed E-state index contributed by atoms with van der Waals surface area (Å²) >= 11 is 0. The molecule has 0 spiro atoms. The molecule has 0 saturated carbocycles. The Labute approximate surface area is 89.8 Å². The van der Waals surface area contributed by atoms with Gasteiger partial charge >= 0.3 is 0 Å². The second-order valence-corrected chi connectivity index (χ2v) is 4.17. The van der Waals surface area contributed by atoms with Gasteiger partial charge in [0.2, 0.25) is 5.91 Å². The molecule has 2 N–H and O–H groups in total. The summed E-state index contributed by atoms with van der Waals surface area (Å²) in [6, 6.07) is 2.09.